The van der Waals surface area contributed by atoms with Crippen molar-refractivity contribution in [1.82, 2.24) is 19.6 Å². The van der Waals surface area contributed by atoms with E-state index >= 15 is 0 Å². The summed E-state index contributed by atoms with van der Waals surface area (Å²) in [5.74, 6) is -4.02. The van der Waals surface area contributed by atoms with E-state index in [1.165, 1.54) is 5.56 Å². The van der Waals surface area contributed by atoms with Gasteiger partial charge in [-0.2, -0.15) is 5.10 Å². The van der Waals surface area contributed by atoms with Gasteiger partial charge in [-0.05, 0) is 51.3 Å². The van der Waals surface area contributed by atoms with Gasteiger partial charge in [0.1, 0.15) is 5.76 Å². The van der Waals surface area contributed by atoms with Crippen LogP contribution in [0.3, 0.4) is 0 Å². The molecule has 2 heterocycles. The van der Waals surface area contributed by atoms with Crippen molar-refractivity contribution >= 4 is 17.9 Å². The molecule has 0 aliphatic heterocycles. The molecule has 0 atom stereocenters. The molecular weight excluding hydrogens is 496 g/mol. The fourth-order valence-corrected chi connectivity index (χ4v) is 3.58. The molecule has 0 spiro atoms. The first-order chi connectivity index (χ1) is 18.0. The zero-order valence-corrected chi connectivity index (χ0v) is 21.4. The van der Waals surface area contributed by atoms with E-state index in [4.69, 9.17) is 24.8 Å². The molecule has 0 aliphatic carbocycles. The van der Waals surface area contributed by atoms with Gasteiger partial charge >= 0.3 is 17.9 Å². The fraction of sp³-hybridized carbons (Fsp3) is 0.385. The summed E-state index contributed by atoms with van der Waals surface area (Å²) < 4.78 is 7.46. The van der Waals surface area contributed by atoms with Gasteiger partial charge in [0.05, 0.1) is 37.5 Å². The van der Waals surface area contributed by atoms with Crippen LogP contribution in [0.15, 0.2) is 65.5 Å². The van der Waals surface area contributed by atoms with E-state index in [1.54, 1.807) is 6.26 Å². The molecule has 0 unspecified atom stereocenters. The van der Waals surface area contributed by atoms with Gasteiger partial charge in [0, 0.05) is 24.8 Å². The number of nitrogens with zero attached hydrogens (tertiary/aromatic N) is 4. The Morgan fingerprint density at radius 1 is 0.947 bits per heavy atom. The minimum Gasteiger partial charge on any atom is -0.481 e. The molecule has 206 valence electrons. The molecule has 0 amide bonds. The number of carboxylic acids is 3. The van der Waals surface area contributed by atoms with Crippen molar-refractivity contribution in [2.24, 2.45) is 0 Å². The Bertz CT molecular complexity index is 1130. The highest BCUT2D eigenvalue weighted by Crippen LogP contribution is 2.16. The van der Waals surface area contributed by atoms with E-state index in [0.29, 0.717) is 0 Å². The van der Waals surface area contributed by atoms with Crippen LogP contribution in [0.2, 0.25) is 0 Å². The fourth-order valence-electron chi connectivity index (χ4n) is 3.58. The Labute approximate surface area is 220 Å². The van der Waals surface area contributed by atoms with Crippen LogP contribution in [0.4, 0.5) is 0 Å². The van der Waals surface area contributed by atoms with Crippen LogP contribution >= 0.6 is 0 Å². The highest BCUT2D eigenvalue weighted by molar-refractivity contribution is 5.88. The molecule has 0 fully saturated rings. The zero-order chi connectivity index (χ0) is 28.1. The number of hydrogen-bond acceptors (Lipinski definition) is 8. The molecule has 12 nitrogen and oxygen atoms in total. The number of hydrogen-bond donors (Lipinski definition) is 4. The number of furan rings is 1. The van der Waals surface area contributed by atoms with Crippen LogP contribution in [0.25, 0.3) is 5.69 Å². The molecule has 1 aromatic carbocycles. The standard InChI is InChI=1S/C20H26N4O.C6H8O7/c1-22(2)11-7-12-23(17-20-10-6-13-25-20)15-18-14-21-24(16-18)19-8-4-3-5-9-19;7-3(8)1-6(13,5(11)12)2-4(9)10/h3-6,8-10,13-14,16H,7,11-12,15,17H2,1-2H3;13H,1-2H2,(H,7,8)(H,9,10)(H,11,12). The van der Waals surface area contributed by atoms with Crippen molar-refractivity contribution in [3.05, 3.63) is 72.4 Å². The first kappa shape index (κ1) is 30.2. The van der Waals surface area contributed by atoms with Crippen molar-refractivity contribution in [3.63, 3.8) is 0 Å². The van der Waals surface area contributed by atoms with Crippen LogP contribution < -0.4 is 0 Å². The van der Waals surface area contributed by atoms with Crippen molar-refractivity contribution < 1.29 is 39.2 Å². The van der Waals surface area contributed by atoms with E-state index < -0.39 is 36.4 Å². The monoisotopic (exact) mass is 530 g/mol. The molecule has 0 radical (unpaired) electrons. The lowest BCUT2D eigenvalue weighted by Gasteiger charge is -2.21. The minimum absolute atomic E-state index is 0.816. The summed E-state index contributed by atoms with van der Waals surface area (Å²) in [6, 6.07) is 14.2. The summed E-state index contributed by atoms with van der Waals surface area (Å²) in [7, 11) is 4.22. The normalized spacial score (nSPS) is 11.3. The first-order valence-electron chi connectivity index (χ1n) is 11.9. The number of aliphatic hydroxyl groups is 1. The molecule has 4 N–H and O–H groups in total. The van der Waals surface area contributed by atoms with Crippen molar-refractivity contribution in [1.29, 1.82) is 0 Å². The molecule has 0 saturated heterocycles. The predicted molar refractivity (Wildman–Crippen MR) is 137 cm³/mol. The topological polar surface area (TPSA) is 170 Å². The number of carboxylic acid groups (broad SMARTS) is 3. The third-order valence-electron chi connectivity index (χ3n) is 5.39. The van der Waals surface area contributed by atoms with Gasteiger partial charge in [0.25, 0.3) is 0 Å². The Hall–Kier alpha value is -4.00. The van der Waals surface area contributed by atoms with Gasteiger partial charge in [0.15, 0.2) is 5.60 Å². The van der Waals surface area contributed by atoms with E-state index in [9.17, 15) is 14.4 Å². The third kappa shape index (κ3) is 10.5. The quantitative estimate of drug-likeness (QED) is 0.241. The average molecular weight is 531 g/mol. The Morgan fingerprint density at radius 3 is 2.13 bits per heavy atom. The summed E-state index contributed by atoms with van der Waals surface area (Å²) in [5.41, 5.74) is -0.447. The van der Waals surface area contributed by atoms with Crippen molar-refractivity contribution in [2.45, 2.75) is 38.0 Å². The lowest BCUT2D eigenvalue weighted by Crippen LogP contribution is -2.42. The maximum absolute atomic E-state index is 10.3. The van der Waals surface area contributed by atoms with Crippen LogP contribution in [0.5, 0.6) is 0 Å². The van der Waals surface area contributed by atoms with E-state index in [0.717, 1.165) is 44.0 Å². The number of carbonyl (C=O) groups is 3. The zero-order valence-electron chi connectivity index (χ0n) is 21.4. The van der Waals surface area contributed by atoms with Gasteiger partial charge in [-0.25, -0.2) is 9.48 Å². The lowest BCUT2D eigenvalue weighted by atomic mass is 9.96. The summed E-state index contributed by atoms with van der Waals surface area (Å²) >= 11 is 0. The number of rotatable bonds is 14. The van der Waals surface area contributed by atoms with Crippen LogP contribution in [0.1, 0.15) is 30.6 Å². The third-order valence-corrected chi connectivity index (χ3v) is 5.39. The second-order valence-electron chi connectivity index (χ2n) is 9.05. The van der Waals surface area contributed by atoms with Crippen LogP contribution in [-0.4, -0.2) is 90.7 Å². The lowest BCUT2D eigenvalue weighted by molar-refractivity contribution is -0.170. The second kappa shape index (κ2) is 14.7. The SMILES string of the molecule is CN(C)CCCN(Cc1cnn(-c2ccccc2)c1)Cc1ccco1.O=C(O)CC(O)(CC(=O)O)C(=O)O. The second-order valence-corrected chi connectivity index (χ2v) is 9.05. The van der Waals surface area contributed by atoms with Crippen molar-refractivity contribution in [3.8, 4) is 5.69 Å². The van der Waals surface area contributed by atoms with Gasteiger partial charge in [0.2, 0.25) is 0 Å². The maximum Gasteiger partial charge on any atom is 0.336 e. The minimum atomic E-state index is -2.74. The number of aromatic nitrogens is 2. The van der Waals surface area contributed by atoms with Gasteiger partial charge in [-0.1, -0.05) is 18.2 Å². The molecular formula is C26H34N4O8. The van der Waals surface area contributed by atoms with Gasteiger partial charge in [-0.3, -0.25) is 14.5 Å². The maximum atomic E-state index is 10.3. The molecule has 38 heavy (non-hydrogen) atoms. The summed E-state index contributed by atoms with van der Waals surface area (Å²) in [5, 5.41) is 38.3. The Kier molecular flexibility index (Phi) is 11.7. The van der Waals surface area contributed by atoms with Crippen LogP contribution in [-0.2, 0) is 27.5 Å². The number of aliphatic carboxylic acids is 3. The Morgan fingerprint density at radius 2 is 1.61 bits per heavy atom. The summed E-state index contributed by atoms with van der Waals surface area (Å²) in [6.07, 6.45) is 4.63. The van der Waals surface area contributed by atoms with Gasteiger partial charge in [-0.15, -0.1) is 0 Å². The van der Waals surface area contributed by atoms with E-state index in [2.05, 4.69) is 47.3 Å². The van der Waals surface area contributed by atoms with E-state index in [-0.39, 0.29) is 0 Å². The highest BCUT2D eigenvalue weighted by Gasteiger charge is 2.40. The molecule has 0 bridgehead atoms. The smallest absolute Gasteiger partial charge is 0.336 e. The highest BCUT2D eigenvalue weighted by atomic mass is 16.4. The predicted octanol–water partition coefficient (Wildman–Crippen LogP) is 2.17. The number of para-hydroxylation sites is 1. The Balaban J connectivity index is 0.000000332. The molecule has 3 aromatic rings. The van der Waals surface area contributed by atoms with Crippen molar-refractivity contribution in [2.75, 3.05) is 27.2 Å². The molecule has 3 rings (SSSR count). The first-order valence-corrected chi connectivity index (χ1v) is 11.9. The molecule has 0 saturated carbocycles. The average Bonchev–Trinajstić information content (AvgIpc) is 3.51. The van der Waals surface area contributed by atoms with E-state index in [1.807, 2.05) is 41.2 Å². The van der Waals surface area contributed by atoms with Gasteiger partial charge < -0.3 is 29.7 Å². The summed E-state index contributed by atoms with van der Waals surface area (Å²) in [6.45, 7) is 3.78. The molecule has 12 heteroatoms. The van der Waals surface area contributed by atoms with Crippen LogP contribution in [0, 0.1) is 0 Å². The summed E-state index contributed by atoms with van der Waals surface area (Å²) in [4.78, 5) is 35.1. The largest absolute Gasteiger partial charge is 0.481 e. The molecule has 2 aromatic heterocycles. The molecule has 0 aliphatic rings. The number of benzene rings is 1.